The van der Waals surface area contributed by atoms with E-state index < -0.39 is 0 Å². The van der Waals surface area contributed by atoms with Gasteiger partial charge in [0.15, 0.2) is 0 Å². The van der Waals surface area contributed by atoms with E-state index in [-0.39, 0.29) is 5.97 Å². The number of unbranched alkanes of at least 4 members (excludes halogenated alkanes) is 5. The predicted octanol–water partition coefficient (Wildman–Crippen LogP) is 4.25. The predicted molar refractivity (Wildman–Crippen MR) is 79.6 cm³/mol. The summed E-state index contributed by atoms with van der Waals surface area (Å²) in [6, 6.07) is 7.41. The lowest BCUT2D eigenvalue weighted by Crippen LogP contribution is -2.03. The Balaban J connectivity index is 2.18. The summed E-state index contributed by atoms with van der Waals surface area (Å²) >= 11 is 0. The smallest absolute Gasteiger partial charge is 0.337 e. The van der Waals surface area contributed by atoms with Gasteiger partial charge in [0.25, 0.3) is 0 Å². The van der Waals surface area contributed by atoms with Crippen LogP contribution in [0.2, 0.25) is 0 Å². The van der Waals surface area contributed by atoms with E-state index >= 15 is 0 Å². The van der Waals surface area contributed by atoms with Crippen molar-refractivity contribution in [1.29, 1.82) is 0 Å². The highest BCUT2D eigenvalue weighted by Gasteiger charge is 2.03. The molecule has 0 aliphatic heterocycles. The Morgan fingerprint density at radius 2 is 1.68 bits per heavy atom. The van der Waals surface area contributed by atoms with Crippen molar-refractivity contribution in [1.82, 2.24) is 0 Å². The Morgan fingerprint density at radius 3 is 2.32 bits per heavy atom. The summed E-state index contributed by atoms with van der Waals surface area (Å²) in [5.74, 6) is -0.289. The lowest BCUT2D eigenvalue weighted by atomic mass is 10.1. The molecule has 1 N–H and O–H groups in total. The maximum Gasteiger partial charge on any atom is 0.337 e. The van der Waals surface area contributed by atoms with Crippen LogP contribution in [0, 0.1) is 0 Å². The van der Waals surface area contributed by atoms with Gasteiger partial charge in [-0.15, -0.1) is 0 Å². The lowest BCUT2D eigenvalue weighted by molar-refractivity contribution is 0.0601. The molecular formula is C16H25NO2. The van der Waals surface area contributed by atoms with E-state index in [4.69, 9.17) is 0 Å². The number of methoxy groups -OCH3 is 1. The van der Waals surface area contributed by atoms with Crippen molar-refractivity contribution < 1.29 is 9.53 Å². The zero-order chi connectivity index (χ0) is 13.9. The highest BCUT2D eigenvalue weighted by atomic mass is 16.5. The van der Waals surface area contributed by atoms with Gasteiger partial charge in [-0.05, 0) is 30.7 Å². The quantitative estimate of drug-likeness (QED) is 0.535. The largest absolute Gasteiger partial charge is 0.465 e. The topological polar surface area (TPSA) is 38.3 Å². The van der Waals surface area contributed by atoms with Gasteiger partial charge in [-0.2, -0.15) is 0 Å². The molecular weight excluding hydrogens is 238 g/mol. The van der Waals surface area contributed by atoms with E-state index in [1.54, 1.807) is 12.1 Å². The summed E-state index contributed by atoms with van der Waals surface area (Å²) in [4.78, 5) is 11.3. The number of carbonyl (C=O) groups excluding carboxylic acids is 1. The van der Waals surface area contributed by atoms with Crippen LogP contribution in [-0.4, -0.2) is 19.6 Å². The molecule has 0 unspecified atom stereocenters. The van der Waals surface area contributed by atoms with Crippen molar-refractivity contribution in [2.45, 2.75) is 45.4 Å². The Morgan fingerprint density at radius 1 is 1.05 bits per heavy atom. The summed E-state index contributed by atoms with van der Waals surface area (Å²) in [7, 11) is 1.40. The molecule has 0 atom stereocenters. The van der Waals surface area contributed by atoms with Crippen LogP contribution in [0.1, 0.15) is 55.8 Å². The molecule has 0 spiro atoms. The van der Waals surface area contributed by atoms with Gasteiger partial charge in [-0.25, -0.2) is 4.79 Å². The first-order valence-corrected chi connectivity index (χ1v) is 7.20. The fourth-order valence-electron chi connectivity index (χ4n) is 1.98. The number of anilines is 1. The summed E-state index contributed by atoms with van der Waals surface area (Å²) in [6.07, 6.45) is 7.81. The first-order chi connectivity index (χ1) is 9.27. The molecule has 0 heterocycles. The molecule has 1 aromatic carbocycles. The number of hydrogen-bond acceptors (Lipinski definition) is 3. The second-order valence-corrected chi connectivity index (χ2v) is 4.76. The number of benzene rings is 1. The number of nitrogens with one attached hydrogen (secondary N) is 1. The minimum Gasteiger partial charge on any atom is -0.465 e. The standard InChI is InChI=1S/C16H25NO2/c1-3-4-5-6-7-8-13-17-15-11-9-14(10-12-15)16(18)19-2/h9-12,17H,3-8,13H2,1-2H3. The summed E-state index contributed by atoms with van der Waals surface area (Å²) in [5.41, 5.74) is 1.65. The van der Waals surface area contributed by atoms with Crippen molar-refractivity contribution in [2.24, 2.45) is 0 Å². The molecule has 1 rings (SSSR count). The molecule has 3 heteroatoms. The fourth-order valence-corrected chi connectivity index (χ4v) is 1.98. The number of rotatable bonds is 9. The number of carbonyl (C=O) groups is 1. The molecule has 0 bridgehead atoms. The van der Waals surface area contributed by atoms with Crippen LogP contribution in [0.3, 0.4) is 0 Å². The van der Waals surface area contributed by atoms with Crippen LogP contribution in [0.25, 0.3) is 0 Å². The van der Waals surface area contributed by atoms with Gasteiger partial charge >= 0.3 is 5.97 Å². The van der Waals surface area contributed by atoms with Crippen LogP contribution in [-0.2, 0) is 4.74 Å². The zero-order valence-electron chi connectivity index (χ0n) is 12.1. The molecule has 0 saturated heterocycles. The zero-order valence-corrected chi connectivity index (χ0v) is 12.1. The van der Waals surface area contributed by atoms with Gasteiger partial charge in [0.1, 0.15) is 0 Å². The van der Waals surface area contributed by atoms with Gasteiger partial charge in [0, 0.05) is 12.2 Å². The summed E-state index contributed by atoms with van der Waals surface area (Å²) in [6.45, 7) is 3.23. The van der Waals surface area contributed by atoms with E-state index in [2.05, 4.69) is 17.0 Å². The second-order valence-electron chi connectivity index (χ2n) is 4.76. The monoisotopic (exact) mass is 263 g/mol. The van der Waals surface area contributed by atoms with Crippen LogP contribution in [0.4, 0.5) is 5.69 Å². The Labute approximate surface area is 116 Å². The van der Waals surface area contributed by atoms with Gasteiger partial charge in [0.05, 0.1) is 12.7 Å². The van der Waals surface area contributed by atoms with Crippen LogP contribution >= 0.6 is 0 Å². The Bertz CT molecular complexity index is 360. The van der Waals surface area contributed by atoms with Gasteiger partial charge in [0.2, 0.25) is 0 Å². The van der Waals surface area contributed by atoms with Crippen molar-refractivity contribution >= 4 is 11.7 Å². The fraction of sp³-hybridized carbons (Fsp3) is 0.562. The van der Waals surface area contributed by atoms with Gasteiger partial charge in [-0.1, -0.05) is 39.0 Å². The highest BCUT2D eigenvalue weighted by molar-refractivity contribution is 5.89. The van der Waals surface area contributed by atoms with Crippen molar-refractivity contribution in [2.75, 3.05) is 19.0 Å². The SMILES string of the molecule is CCCCCCCCNc1ccc(C(=O)OC)cc1. The number of ether oxygens (including phenoxy) is 1. The second kappa shape index (κ2) is 9.42. The van der Waals surface area contributed by atoms with E-state index in [9.17, 15) is 4.79 Å². The third kappa shape index (κ3) is 6.27. The molecule has 106 valence electrons. The van der Waals surface area contributed by atoms with E-state index in [1.807, 2.05) is 12.1 Å². The first kappa shape index (κ1) is 15.5. The molecule has 0 aromatic heterocycles. The normalized spacial score (nSPS) is 10.2. The number of hydrogen-bond donors (Lipinski definition) is 1. The molecule has 0 amide bonds. The van der Waals surface area contributed by atoms with E-state index in [0.29, 0.717) is 5.56 Å². The Kier molecular flexibility index (Phi) is 7.71. The van der Waals surface area contributed by atoms with Gasteiger partial charge < -0.3 is 10.1 Å². The Hall–Kier alpha value is -1.51. The highest BCUT2D eigenvalue weighted by Crippen LogP contribution is 2.11. The lowest BCUT2D eigenvalue weighted by Gasteiger charge is -2.07. The molecule has 0 aliphatic carbocycles. The molecule has 19 heavy (non-hydrogen) atoms. The molecule has 3 nitrogen and oxygen atoms in total. The summed E-state index contributed by atoms with van der Waals surface area (Å²) in [5, 5.41) is 3.37. The van der Waals surface area contributed by atoms with Gasteiger partial charge in [-0.3, -0.25) is 0 Å². The average molecular weight is 263 g/mol. The molecule has 0 aliphatic rings. The maximum absolute atomic E-state index is 11.3. The van der Waals surface area contributed by atoms with Crippen molar-refractivity contribution in [3.63, 3.8) is 0 Å². The molecule has 0 radical (unpaired) electrons. The molecule has 1 aromatic rings. The molecule has 0 fully saturated rings. The average Bonchev–Trinajstić information content (AvgIpc) is 2.46. The van der Waals surface area contributed by atoms with E-state index in [1.165, 1.54) is 45.6 Å². The van der Waals surface area contributed by atoms with Crippen molar-refractivity contribution in [3.05, 3.63) is 29.8 Å². The van der Waals surface area contributed by atoms with Crippen LogP contribution < -0.4 is 5.32 Å². The number of esters is 1. The maximum atomic E-state index is 11.3. The van der Waals surface area contributed by atoms with Crippen molar-refractivity contribution in [3.8, 4) is 0 Å². The molecule has 0 saturated carbocycles. The minimum atomic E-state index is -0.289. The minimum absolute atomic E-state index is 0.289. The van der Waals surface area contributed by atoms with Crippen LogP contribution in [0.15, 0.2) is 24.3 Å². The third-order valence-corrected chi connectivity index (χ3v) is 3.17. The first-order valence-electron chi connectivity index (χ1n) is 7.20. The summed E-state index contributed by atoms with van der Waals surface area (Å²) < 4.78 is 4.66. The van der Waals surface area contributed by atoms with Crippen LogP contribution in [0.5, 0.6) is 0 Å². The third-order valence-electron chi connectivity index (χ3n) is 3.17. The van der Waals surface area contributed by atoms with E-state index in [0.717, 1.165) is 12.2 Å².